The quantitative estimate of drug-likeness (QED) is 0.894. The van der Waals surface area contributed by atoms with E-state index in [-0.39, 0.29) is 5.91 Å². The van der Waals surface area contributed by atoms with Crippen molar-refractivity contribution in [3.05, 3.63) is 57.1 Å². The molecule has 2 rings (SSSR count). The fraction of sp³-hybridized carbons (Fsp3) is 0.0769. The number of nitrogens with one attached hydrogen (secondary N) is 1. The third kappa shape index (κ3) is 3.92. The first-order valence-corrected chi connectivity index (χ1v) is 6.88. The Morgan fingerprint density at radius 2 is 1.94 bits per heavy atom. The maximum absolute atomic E-state index is 11.8. The molecule has 2 aromatic rings. The Kier molecular flexibility index (Phi) is 4.49. The number of nitrogens with zero attached hydrogens (tertiary/aromatic N) is 1. The monoisotopic (exact) mass is 368 g/mol. The lowest BCUT2D eigenvalue weighted by Gasteiger charge is -2.05. The highest BCUT2D eigenvalue weighted by Gasteiger charge is 2.05. The lowest BCUT2D eigenvalue weighted by molar-refractivity contribution is -0.115. The predicted molar refractivity (Wildman–Crippen MR) is 78.4 cm³/mol. The van der Waals surface area contributed by atoms with Crippen LogP contribution in [0.1, 0.15) is 5.56 Å². The minimum atomic E-state index is -0.0845. The van der Waals surface area contributed by atoms with E-state index in [1.807, 2.05) is 30.3 Å². The molecule has 0 atom stereocenters. The van der Waals surface area contributed by atoms with Gasteiger partial charge in [-0.15, -0.1) is 0 Å². The summed E-state index contributed by atoms with van der Waals surface area (Å²) < 4.78 is 1.85. The van der Waals surface area contributed by atoms with E-state index in [1.165, 1.54) is 0 Å². The van der Waals surface area contributed by atoms with Gasteiger partial charge >= 0.3 is 0 Å². The summed E-state index contributed by atoms with van der Waals surface area (Å²) in [6.45, 7) is 0. The summed E-state index contributed by atoms with van der Waals surface area (Å²) in [5.74, 6) is 0.461. The maximum Gasteiger partial charge on any atom is 0.229 e. The van der Waals surface area contributed by atoms with Crippen molar-refractivity contribution in [3.63, 3.8) is 0 Å². The Balaban J connectivity index is 2.01. The number of carbonyl (C=O) groups is 1. The number of anilines is 1. The average Bonchev–Trinajstić information content (AvgIpc) is 2.28. The Bertz CT molecular complexity index is 523. The van der Waals surface area contributed by atoms with Crippen molar-refractivity contribution in [2.75, 3.05) is 5.32 Å². The molecule has 0 aliphatic carbocycles. The van der Waals surface area contributed by atoms with Crippen molar-refractivity contribution in [2.24, 2.45) is 0 Å². The van der Waals surface area contributed by atoms with Crippen molar-refractivity contribution in [1.82, 2.24) is 4.98 Å². The number of hydrogen-bond acceptors (Lipinski definition) is 2. The molecule has 0 fully saturated rings. The second-order valence-electron chi connectivity index (χ2n) is 3.71. The number of halogens is 2. The van der Waals surface area contributed by atoms with Crippen LogP contribution in [0, 0.1) is 0 Å². The lowest BCUT2D eigenvalue weighted by Crippen LogP contribution is -2.15. The van der Waals surface area contributed by atoms with Gasteiger partial charge in [-0.3, -0.25) is 4.79 Å². The zero-order valence-electron chi connectivity index (χ0n) is 9.36. The molecular weight excluding hydrogens is 360 g/mol. The molecule has 0 aliphatic rings. The smallest absolute Gasteiger partial charge is 0.229 e. The highest BCUT2D eigenvalue weighted by atomic mass is 79.9. The summed E-state index contributed by atoms with van der Waals surface area (Å²) in [7, 11) is 0. The second kappa shape index (κ2) is 6.11. The lowest BCUT2D eigenvalue weighted by atomic mass is 10.1. The number of benzene rings is 1. The summed E-state index contributed by atoms with van der Waals surface area (Å²) in [5, 5.41) is 2.76. The maximum atomic E-state index is 11.8. The van der Waals surface area contributed by atoms with E-state index in [1.54, 1.807) is 12.3 Å². The minimum Gasteiger partial charge on any atom is -0.310 e. The fourth-order valence-corrected chi connectivity index (χ4v) is 2.27. The third-order valence-corrected chi connectivity index (χ3v) is 3.23. The molecule has 5 heteroatoms. The molecule has 0 saturated carbocycles. The van der Waals surface area contributed by atoms with Crippen molar-refractivity contribution in [2.45, 2.75) is 6.42 Å². The van der Waals surface area contributed by atoms with E-state index in [9.17, 15) is 4.79 Å². The van der Waals surface area contributed by atoms with Crippen molar-refractivity contribution >= 4 is 43.6 Å². The normalized spacial score (nSPS) is 10.1. The molecule has 0 spiro atoms. The summed E-state index contributed by atoms with van der Waals surface area (Å²) in [5.41, 5.74) is 0.955. The topological polar surface area (TPSA) is 42.0 Å². The zero-order valence-corrected chi connectivity index (χ0v) is 12.5. The van der Waals surface area contributed by atoms with Gasteiger partial charge in [0.05, 0.1) is 6.42 Å². The van der Waals surface area contributed by atoms with Crippen LogP contribution in [0.2, 0.25) is 0 Å². The standard InChI is InChI=1S/C13H10Br2N2O/c14-10-3-1-2-9(6-10)7-13(18)17-12-8-11(15)4-5-16-12/h1-6,8H,7H2,(H,16,17,18). The van der Waals surface area contributed by atoms with Gasteiger partial charge in [0.1, 0.15) is 5.82 Å². The third-order valence-electron chi connectivity index (χ3n) is 2.24. The Hall–Kier alpha value is -1.20. The van der Waals surface area contributed by atoms with Crippen LogP contribution in [0.3, 0.4) is 0 Å². The highest BCUT2D eigenvalue weighted by molar-refractivity contribution is 9.10. The zero-order chi connectivity index (χ0) is 13.0. The predicted octanol–water partition coefficient (Wildman–Crippen LogP) is 3.79. The molecule has 92 valence electrons. The first-order valence-electron chi connectivity index (χ1n) is 5.29. The molecule has 1 amide bonds. The van der Waals surface area contributed by atoms with Crippen LogP contribution >= 0.6 is 31.9 Å². The Morgan fingerprint density at radius 1 is 1.17 bits per heavy atom. The number of rotatable bonds is 3. The second-order valence-corrected chi connectivity index (χ2v) is 5.55. The van der Waals surface area contributed by atoms with Crippen LogP contribution in [0.15, 0.2) is 51.5 Å². The summed E-state index contributed by atoms with van der Waals surface area (Å²) in [6.07, 6.45) is 1.96. The van der Waals surface area contributed by atoms with Crippen LogP contribution < -0.4 is 5.32 Å². The van der Waals surface area contributed by atoms with Crippen molar-refractivity contribution < 1.29 is 4.79 Å². The molecule has 0 radical (unpaired) electrons. The number of pyridine rings is 1. The first kappa shape index (κ1) is 13.2. The van der Waals surface area contributed by atoms with Gasteiger partial charge in [0.2, 0.25) is 5.91 Å². The SMILES string of the molecule is O=C(Cc1cccc(Br)c1)Nc1cc(Br)ccn1. The molecule has 1 heterocycles. The van der Waals surface area contributed by atoms with Gasteiger partial charge in [-0.05, 0) is 29.8 Å². The highest BCUT2D eigenvalue weighted by Crippen LogP contribution is 2.14. The van der Waals surface area contributed by atoms with Gasteiger partial charge in [-0.25, -0.2) is 4.98 Å². The van der Waals surface area contributed by atoms with Gasteiger partial charge in [-0.1, -0.05) is 44.0 Å². The number of amides is 1. The number of carbonyl (C=O) groups excluding carboxylic acids is 1. The first-order chi connectivity index (χ1) is 8.63. The number of hydrogen-bond donors (Lipinski definition) is 1. The van der Waals surface area contributed by atoms with Gasteiger partial charge in [-0.2, -0.15) is 0 Å². The molecule has 0 saturated heterocycles. The van der Waals surface area contributed by atoms with Gasteiger partial charge in [0.25, 0.3) is 0 Å². The van der Waals surface area contributed by atoms with Gasteiger partial charge in [0.15, 0.2) is 0 Å². The van der Waals surface area contributed by atoms with E-state index in [0.717, 1.165) is 14.5 Å². The minimum absolute atomic E-state index is 0.0845. The van der Waals surface area contributed by atoms with E-state index in [2.05, 4.69) is 42.2 Å². The largest absolute Gasteiger partial charge is 0.310 e. The van der Waals surface area contributed by atoms with Gasteiger partial charge < -0.3 is 5.32 Å². The summed E-state index contributed by atoms with van der Waals surface area (Å²) in [6, 6.07) is 11.2. The molecule has 0 aliphatic heterocycles. The van der Waals surface area contributed by atoms with Crippen LogP contribution in [0.25, 0.3) is 0 Å². The Morgan fingerprint density at radius 3 is 2.67 bits per heavy atom. The van der Waals surface area contributed by atoms with E-state index >= 15 is 0 Å². The summed E-state index contributed by atoms with van der Waals surface area (Å²) in [4.78, 5) is 15.9. The molecule has 1 aromatic carbocycles. The molecule has 1 aromatic heterocycles. The molecule has 0 unspecified atom stereocenters. The van der Waals surface area contributed by atoms with Crippen molar-refractivity contribution in [3.8, 4) is 0 Å². The van der Waals surface area contributed by atoms with Crippen LogP contribution in [0.4, 0.5) is 5.82 Å². The van der Waals surface area contributed by atoms with Gasteiger partial charge in [0, 0.05) is 15.1 Å². The van der Waals surface area contributed by atoms with Crippen LogP contribution in [-0.4, -0.2) is 10.9 Å². The fourth-order valence-electron chi connectivity index (χ4n) is 1.49. The van der Waals surface area contributed by atoms with Crippen LogP contribution in [0.5, 0.6) is 0 Å². The molecular formula is C13H10Br2N2O. The van der Waals surface area contributed by atoms with Crippen molar-refractivity contribution in [1.29, 1.82) is 0 Å². The van der Waals surface area contributed by atoms with E-state index in [0.29, 0.717) is 12.2 Å². The molecule has 3 nitrogen and oxygen atoms in total. The average molecular weight is 370 g/mol. The van der Waals surface area contributed by atoms with Crippen LogP contribution in [-0.2, 0) is 11.2 Å². The molecule has 0 bridgehead atoms. The molecule has 18 heavy (non-hydrogen) atoms. The molecule has 1 N–H and O–H groups in total. The Labute approximate surface area is 122 Å². The summed E-state index contributed by atoms with van der Waals surface area (Å²) >= 11 is 6.71. The number of aromatic nitrogens is 1. The van der Waals surface area contributed by atoms with E-state index < -0.39 is 0 Å². The van der Waals surface area contributed by atoms with E-state index in [4.69, 9.17) is 0 Å².